The summed E-state index contributed by atoms with van der Waals surface area (Å²) >= 11 is 0. The van der Waals surface area contributed by atoms with E-state index >= 15 is 0 Å². The molecule has 0 radical (unpaired) electrons. The van der Waals surface area contributed by atoms with E-state index in [4.69, 9.17) is 28.4 Å². The van der Waals surface area contributed by atoms with Crippen LogP contribution in [-0.2, 0) is 28.4 Å². The van der Waals surface area contributed by atoms with Crippen molar-refractivity contribution >= 4 is 0 Å². The topological polar surface area (TPSA) is 55.4 Å². The van der Waals surface area contributed by atoms with Gasteiger partial charge in [0.05, 0.1) is 66.1 Å². The summed E-state index contributed by atoms with van der Waals surface area (Å²) in [6.07, 6.45) is 20.2. The smallest absolute Gasteiger partial charge is 0.0701 e. The van der Waals surface area contributed by atoms with Crippen LogP contribution in [0.1, 0.15) is 110 Å². The maximum absolute atomic E-state index is 5.65. The van der Waals surface area contributed by atoms with Gasteiger partial charge >= 0.3 is 0 Å². The Morgan fingerprint density at radius 1 is 0.229 bits per heavy atom. The van der Waals surface area contributed by atoms with E-state index in [2.05, 4.69) is 13.8 Å². The molecule has 0 aliphatic heterocycles. The van der Waals surface area contributed by atoms with Gasteiger partial charge in [-0.15, -0.1) is 0 Å². The third-order valence-electron chi connectivity index (χ3n) is 5.89. The molecule has 0 saturated heterocycles. The fourth-order valence-electron chi connectivity index (χ4n) is 3.67. The molecule has 0 aliphatic rings. The SMILES string of the molecule is CCCCCCCCCCCCCCCOCCOCCOCCOCCOCCOCCCC. The van der Waals surface area contributed by atoms with Crippen LogP contribution in [0, 0.1) is 0 Å². The second-order valence-corrected chi connectivity index (χ2v) is 9.27. The summed E-state index contributed by atoms with van der Waals surface area (Å²) < 4.78 is 33.0. The average Bonchev–Trinajstić information content (AvgIpc) is 2.87. The van der Waals surface area contributed by atoms with Crippen molar-refractivity contribution in [2.75, 3.05) is 79.3 Å². The van der Waals surface area contributed by atoms with Crippen molar-refractivity contribution in [2.24, 2.45) is 0 Å². The van der Waals surface area contributed by atoms with Crippen molar-refractivity contribution < 1.29 is 28.4 Å². The number of rotatable bonds is 32. The average molecular weight is 505 g/mol. The molecule has 0 rings (SSSR count). The van der Waals surface area contributed by atoms with Crippen molar-refractivity contribution in [2.45, 2.75) is 110 Å². The summed E-state index contributed by atoms with van der Waals surface area (Å²) in [6, 6.07) is 0. The molecule has 0 spiro atoms. The molecule has 0 aliphatic carbocycles. The minimum Gasteiger partial charge on any atom is -0.379 e. The lowest BCUT2D eigenvalue weighted by Gasteiger charge is -2.08. The largest absolute Gasteiger partial charge is 0.379 e. The maximum atomic E-state index is 5.65. The van der Waals surface area contributed by atoms with Crippen molar-refractivity contribution in [3.63, 3.8) is 0 Å². The zero-order valence-electron chi connectivity index (χ0n) is 23.5. The lowest BCUT2D eigenvalue weighted by Crippen LogP contribution is -2.14. The number of unbranched alkanes of at least 4 members (excludes halogenated alkanes) is 13. The zero-order chi connectivity index (χ0) is 25.3. The predicted molar refractivity (Wildman–Crippen MR) is 146 cm³/mol. The maximum Gasteiger partial charge on any atom is 0.0701 e. The molecule has 212 valence electrons. The van der Waals surface area contributed by atoms with Gasteiger partial charge in [-0.25, -0.2) is 0 Å². The molecule has 0 heterocycles. The van der Waals surface area contributed by atoms with E-state index < -0.39 is 0 Å². The highest BCUT2D eigenvalue weighted by atomic mass is 16.6. The summed E-state index contributed by atoms with van der Waals surface area (Å²) in [7, 11) is 0. The Morgan fingerprint density at radius 2 is 0.457 bits per heavy atom. The molecule has 0 aromatic heterocycles. The van der Waals surface area contributed by atoms with Crippen LogP contribution in [0.15, 0.2) is 0 Å². The summed E-state index contributed by atoms with van der Waals surface area (Å²) in [4.78, 5) is 0. The molecule has 0 N–H and O–H groups in total. The Balaban J connectivity index is 3.00. The fraction of sp³-hybridized carbons (Fsp3) is 1.00. The van der Waals surface area contributed by atoms with Crippen LogP contribution >= 0.6 is 0 Å². The van der Waals surface area contributed by atoms with E-state index in [9.17, 15) is 0 Å². The third-order valence-corrected chi connectivity index (χ3v) is 5.89. The molecule has 0 unspecified atom stereocenters. The second kappa shape index (κ2) is 33.8. The quantitative estimate of drug-likeness (QED) is 0.0921. The van der Waals surface area contributed by atoms with Gasteiger partial charge in [-0.3, -0.25) is 0 Å². The molecule has 0 bridgehead atoms. The Morgan fingerprint density at radius 3 is 0.771 bits per heavy atom. The lowest BCUT2D eigenvalue weighted by atomic mass is 10.0. The van der Waals surface area contributed by atoms with Crippen molar-refractivity contribution in [3.8, 4) is 0 Å². The monoisotopic (exact) mass is 504 g/mol. The first kappa shape index (κ1) is 34.8. The molecule has 0 atom stereocenters. The fourth-order valence-corrected chi connectivity index (χ4v) is 3.67. The van der Waals surface area contributed by atoms with E-state index in [1.54, 1.807) is 0 Å². The standard InChI is InChI=1S/C29H60O6/c1-3-5-7-8-9-10-11-12-13-14-15-16-17-19-31-21-23-33-25-27-35-29-28-34-26-24-32-22-20-30-18-6-4-2/h3-29H2,1-2H3. The molecular formula is C29H60O6. The molecule has 0 fully saturated rings. The van der Waals surface area contributed by atoms with Crippen LogP contribution in [0.4, 0.5) is 0 Å². The second-order valence-electron chi connectivity index (χ2n) is 9.27. The first-order valence-electron chi connectivity index (χ1n) is 14.9. The number of hydrogen-bond donors (Lipinski definition) is 0. The minimum atomic E-state index is 0.582. The predicted octanol–water partition coefficient (Wildman–Crippen LogP) is 6.98. The van der Waals surface area contributed by atoms with Crippen LogP contribution in [0.2, 0.25) is 0 Å². The molecule has 0 saturated carbocycles. The van der Waals surface area contributed by atoms with Crippen LogP contribution in [0.25, 0.3) is 0 Å². The van der Waals surface area contributed by atoms with Crippen LogP contribution in [0.3, 0.4) is 0 Å². The van der Waals surface area contributed by atoms with Gasteiger partial charge in [-0.2, -0.15) is 0 Å². The van der Waals surface area contributed by atoms with E-state index in [1.807, 2.05) is 0 Å². The molecule has 35 heavy (non-hydrogen) atoms. The molecule has 0 amide bonds. The molecule has 6 heteroatoms. The van der Waals surface area contributed by atoms with Gasteiger partial charge in [0.2, 0.25) is 0 Å². The highest BCUT2D eigenvalue weighted by molar-refractivity contribution is 4.49. The number of hydrogen-bond acceptors (Lipinski definition) is 6. The van der Waals surface area contributed by atoms with E-state index in [0.717, 1.165) is 32.5 Å². The minimum absolute atomic E-state index is 0.582. The highest BCUT2D eigenvalue weighted by Crippen LogP contribution is 2.12. The molecular weight excluding hydrogens is 444 g/mol. The van der Waals surface area contributed by atoms with Gasteiger partial charge in [-0.05, 0) is 12.8 Å². The first-order valence-corrected chi connectivity index (χ1v) is 14.9. The molecule has 0 aromatic carbocycles. The van der Waals surface area contributed by atoms with Crippen LogP contribution < -0.4 is 0 Å². The molecule has 6 nitrogen and oxygen atoms in total. The Kier molecular flexibility index (Phi) is 33.5. The van der Waals surface area contributed by atoms with Crippen LogP contribution in [-0.4, -0.2) is 79.3 Å². The summed E-state index contributed by atoms with van der Waals surface area (Å²) in [5.41, 5.74) is 0. The van der Waals surface area contributed by atoms with Crippen molar-refractivity contribution in [1.29, 1.82) is 0 Å². The van der Waals surface area contributed by atoms with E-state index in [0.29, 0.717) is 66.1 Å². The number of ether oxygens (including phenoxy) is 6. The lowest BCUT2D eigenvalue weighted by molar-refractivity contribution is -0.0169. The first-order chi connectivity index (χ1) is 17.4. The van der Waals surface area contributed by atoms with Crippen LogP contribution in [0.5, 0.6) is 0 Å². The van der Waals surface area contributed by atoms with Crippen molar-refractivity contribution in [1.82, 2.24) is 0 Å². The van der Waals surface area contributed by atoms with E-state index in [-0.39, 0.29) is 0 Å². The highest BCUT2D eigenvalue weighted by Gasteiger charge is 1.96. The van der Waals surface area contributed by atoms with Gasteiger partial charge in [-0.1, -0.05) is 97.3 Å². The zero-order valence-corrected chi connectivity index (χ0v) is 23.5. The van der Waals surface area contributed by atoms with Gasteiger partial charge in [0.25, 0.3) is 0 Å². The summed E-state index contributed by atoms with van der Waals surface area (Å²) in [5.74, 6) is 0. The Bertz CT molecular complexity index is 324. The van der Waals surface area contributed by atoms with E-state index in [1.165, 1.54) is 77.0 Å². The normalized spacial score (nSPS) is 11.5. The summed E-state index contributed by atoms with van der Waals surface area (Å²) in [5, 5.41) is 0. The molecule has 0 aromatic rings. The van der Waals surface area contributed by atoms with Gasteiger partial charge in [0.15, 0.2) is 0 Å². The van der Waals surface area contributed by atoms with Gasteiger partial charge in [0, 0.05) is 13.2 Å². The van der Waals surface area contributed by atoms with Gasteiger partial charge in [0.1, 0.15) is 0 Å². The van der Waals surface area contributed by atoms with Gasteiger partial charge < -0.3 is 28.4 Å². The Hall–Kier alpha value is -0.240. The van der Waals surface area contributed by atoms with Crippen molar-refractivity contribution in [3.05, 3.63) is 0 Å². The summed E-state index contributed by atoms with van der Waals surface area (Å²) in [6.45, 7) is 12.3. The third kappa shape index (κ3) is 33.8. The Labute approximate surface area is 218 Å².